The second kappa shape index (κ2) is 7.34. The molecule has 4 aromatic rings. The third-order valence-electron chi connectivity index (χ3n) is 6.43. The predicted molar refractivity (Wildman–Crippen MR) is 124 cm³/mol. The van der Waals surface area contributed by atoms with Crippen LogP contribution in [0.5, 0.6) is 0 Å². The molecular formula is C23H22ClN7O. The number of anilines is 2. The zero-order chi connectivity index (χ0) is 21.8. The van der Waals surface area contributed by atoms with Gasteiger partial charge in [-0.15, -0.1) is 0 Å². The number of para-hydroxylation sites is 1. The Morgan fingerprint density at radius 3 is 2.75 bits per heavy atom. The van der Waals surface area contributed by atoms with Crippen molar-refractivity contribution < 1.29 is 0 Å². The van der Waals surface area contributed by atoms with Crippen molar-refractivity contribution >= 4 is 28.9 Å². The van der Waals surface area contributed by atoms with Gasteiger partial charge in [0.2, 0.25) is 5.95 Å². The molecule has 1 unspecified atom stereocenters. The molecule has 0 saturated carbocycles. The van der Waals surface area contributed by atoms with E-state index in [0.717, 1.165) is 55.8 Å². The Balaban J connectivity index is 1.58. The normalized spacial score (nSPS) is 17.9. The zero-order valence-corrected chi connectivity index (χ0v) is 18.2. The molecule has 1 atom stereocenters. The van der Waals surface area contributed by atoms with Crippen molar-refractivity contribution in [2.24, 2.45) is 0 Å². The van der Waals surface area contributed by atoms with Gasteiger partial charge in [0.25, 0.3) is 5.56 Å². The second-order valence-corrected chi connectivity index (χ2v) is 8.73. The average molecular weight is 448 g/mol. The average Bonchev–Trinajstić information content (AvgIpc) is 3.53. The lowest BCUT2D eigenvalue weighted by atomic mass is 10.1. The van der Waals surface area contributed by atoms with Crippen LogP contribution in [0, 0.1) is 0 Å². The molecule has 0 spiro atoms. The van der Waals surface area contributed by atoms with Crippen molar-refractivity contribution in [3.05, 3.63) is 75.1 Å². The molecule has 1 aliphatic carbocycles. The number of aryl methyl sites for hydroxylation is 1. The first-order chi connectivity index (χ1) is 15.6. The van der Waals surface area contributed by atoms with Crippen LogP contribution in [0.4, 0.5) is 11.8 Å². The first-order valence-corrected chi connectivity index (χ1v) is 11.3. The standard InChI is InChI=1S/C23H22ClN7O/c24-16-11-13-30-19(16)22(32)31(14-6-2-1-3-7-14)21(28-30)18-10-5-12-29(18)20-15-8-4-9-17(15)26-23(25)27-20/h1-3,6-7,11,13,18H,4-5,8-10,12H2,(H2,25,26,27). The van der Waals surface area contributed by atoms with Gasteiger partial charge in [-0.25, -0.2) is 9.50 Å². The van der Waals surface area contributed by atoms with Gasteiger partial charge in [-0.05, 0) is 50.3 Å². The monoisotopic (exact) mass is 447 g/mol. The highest BCUT2D eigenvalue weighted by atomic mass is 35.5. The summed E-state index contributed by atoms with van der Waals surface area (Å²) in [6, 6.07) is 11.2. The summed E-state index contributed by atoms with van der Waals surface area (Å²) in [4.78, 5) is 25.0. The van der Waals surface area contributed by atoms with Gasteiger partial charge in [0.1, 0.15) is 11.3 Å². The smallest absolute Gasteiger partial charge is 0.284 e. The minimum atomic E-state index is -0.185. The highest BCUT2D eigenvalue weighted by Crippen LogP contribution is 2.39. The molecule has 6 rings (SSSR count). The predicted octanol–water partition coefficient (Wildman–Crippen LogP) is 3.34. The summed E-state index contributed by atoms with van der Waals surface area (Å²) in [7, 11) is 0. The number of fused-ring (bicyclic) bond motifs is 2. The van der Waals surface area contributed by atoms with Gasteiger partial charge < -0.3 is 10.6 Å². The molecule has 1 aliphatic heterocycles. The van der Waals surface area contributed by atoms with E-state index >= 15 is 0 Å². The zero-order valence-electron chi connectivity index (χ0n) is 17.4. The van der Waals surface area contributed by atoms with E-state index in [0.29, 0.717) is 22.3 Å². The number of hydrogen-bond donors (Lipinski definition) is 1. The van der Waals surface area contributed by atoms with Crippen LogP contribution in [0.2, 0.25) is 5.02 Å². The van der Waals surface area contributed by atoms with Gasteiger partial charge in [-0.1, -0.05) is 29.8 Å². The maximum absolute atomic E-state index is 13.6. The van der Waals surface area contributed by atoms with Gasteiger partial charge in [0.05, 0.1) is 22.4 Å². The number of nitrogens with two attached hydrogens (primary N) is 1. The molecule has 0 bridgehead atoms. The van der Waals surface area contributed by atoms with E-state index in [2.05, 4.69) is 14.9 Å². The highest BCUT2D eigenvalue weighted by molar-refractivity contribution is 6.33. The van der Waals surface area contributed by atoms with E-state index in [1.165, 1.54) is 5.56 Å². The molecule has 1 aromatic carbocycles. The lowest BCUT2D eigenvalue weighted by molar-refractivity contribution is 0.600. The van der Waals surface area contributed by atoms with Crippen LogP contribution in [0.25, 0.3) is 11.2 Å². The molecule has 162 valence electrons. The number of nitrogen functional groups attached to an aromatic ring is 1. The largest absolute Gasteiger partial charge is 0.368 e. The van der Waals surface area contributed by atoms with Crippen molar-refractivity contribution in [3.8, 4) is 5.69 Å². The van der Waals surface area contributed by atoms with Crippen LogP contribution in [0.1, 0.15) is 42.4 Å². The fourth-order valence-electron chi connectivity index (χ4n) is 5.05. The molecule has 1 saturated heterocycles. The van der Waals surface area contributed by atoms with Crippen molar-refractivity contribution in [1.29, 1.82) is 0 Å². The van der Waals surface area contributed by atoms with Gasteiger partial charge in [0, 0.05) is 18.3 Å². The van der Waals surface area contributed by atoms with Crippen molar-refractivity contribution in [1.82, 2.24) is 24.1 Å². The minimum Gasteiger partial charge on any atom is -0.368 e. The number of benzene rings is 1. The summed E-state index contributed by atoms with van der Waals surface area (Å²) in [5, 5.41) is 5.28. The van der Waals surface area contributed by atoms with Crippen molar-refractivity contribution in [2.45, 2.75) is 38.1 Å². The van der Waals surface area contributed by atoms with Crippen LogP contribution >= 0.6 is 11.6 Å². The van der Waals surface area contributed by atoms with E-state index in [4.69, 9.17) is 22.4 Å². The molecule has 2 aliphatic rings. The Labute approximate surface area is 189 Å². The molecule has 1 fully saturated rings. The Morgan fingerprint density at radius 1 is 1.06 bits per heavy atom. The molecule has 9 heteroatoms. The van der Waals surface area contributed by atoms with Crippen LogP contribution in [-0.4, -0.2) is 30.7 Å². The number of rotatable bonds is 3. The molecule has 3 aromatic heterocycles. The quantitative estimate of drug-likeness (QED) is 0.517. The third kappa shape index (κ3) is 2.90. The number of aromatic nitrogens is 5. The summed E-state index contributed by atoms with van der Waals surface area (Å²) in [6.07, 6.45) is 6.49. The van der Waals surface area contributed by atoms with E-state index in [-0.39, 0.29) is 11.6 Å². The van der Waals surface area contributed by atoms with Gasteiger partial charge >= 0.3 is 0 Å². The molecule has 4 heterocycles. The minimum absolute atomic E-state index is 0.118. The van der Waals surface area contributed by atoms with Crippen LogP contribution in [0.3, 0.4) is 0 Å². The number of halogens is 1. The van der Waals surface area contributed by atoms with E-state index < -0.39 is 0 Å². The summed E-state index contributed by atoms with van der Waals surface area (Å²) in [5.74, 6) is 1.85. The molecule has 0 radical (unpaired) electrons. The van der Waals surface area contributed by atoms with E-state index in [1.54, 1.807) is 21.3 Å². The van der Waals surface area contributed by atoms with Crippen LogP contribution in [-0.2, 0) is 12.8 Å². The molecular weight excluding hydrogens is 426 g/mol. The maximum Gasteiger partial charge on any atom is 0.284 e. The third-order valence-corrected chi connectivity index (χ3v) is 6.73. The van der Waals surface area contributed by atoms with Crippen LogP contribution < -0.4 is 16.2 Å². The lowest BCUT2D eigenvalue weighted by Crippen LogP contribution is -2.33. The summed E-state index contributed by atoms with van der Waals surface area (Å²) in [6.45, 7) is 0.822. The first kappa shape index (κ1) is 19.3. The highest BCUT2D eigenvalue weighted by Gasteiger charge is 2.35. The summed E-state index contributed by atoms with van der Waals surface area (Å²) < 4.78 is 3.28. The number of hydrogen-bond acceptors (Lipinski definition) is 6. The van der Waals surface area contributed by atoms with Crippen molar-refractivity contribution in [2.75, 3.05) is 17.2 Å². The fraction of sp³-hybridized carbons (Fsp3) is 0.304. The molecule has 0 amide bonds. The SMILES string of the molecule is Nc1nc2c(c(N3CCCC3c3nn4ccc(Cl)c4c(=O)n3-c3ccccc3)n1)CCC2. The Bertz CT molecular complexity index is 1400. The van der Waals surface area contributed by atoms with Crippen molar-refractivity contribution in [3.63, 3.8) is 0 Å². The molecule has 32 heavy (non-hydrogen) atoms. The van der Waals surface area contributed by atoms with E-state index in [1.807, 2.05) is 30.3 Å². The Morgan fingerprint density at radius 2 is 1.91 bits per heavy atom. The lowest BCUT2D eigenvalue weighted by Gasteiger charge is -2.28. The summed E-state index contributed by atoms with van der Waals surface area (Å²) in [5.41, 5.74) is 9.23. The van der Waals surface area contributed by atoms with Gasteiger partial charge in [-0.2, -0.15) is 10.1 Å². The molecule has 2 N–H and O–H groups in total. The maximum atomic E-state index is 13.6. The second-order valence-electron chi connectivity index (χ2n) is 8.33. The number of nitrogens with zero attached hydrogens (tertiary/aromatic N) is 6. The van der Waals surface area contributed by atoms with Crippen LogP contribution in [0.15, 0.2) is 47.4 Å². The van der Waals surface area contributed by atoms with Gasteiger partial charge in [0.15, 0.2) is 5.82 Å². The summed E-state index contributed by atoms with van der Waals surface area (Å²) >= 11 is 6.34. The van der Waals surface area contributed by atoms with E-state index in [9.17, 15) is 4.79 Å². The topological polar surface area (TPSA) is 94.3 Å². The van der Waals surface area contributed by atoms with Gasteiger partial charge in [-0.3, -0.25) is 9.36 Å². The Kier molecular flexibility index (Phi) is 4.43. The molecule has 8 nitrogen and oxygen atoms in total. The Hall–Kier alpha value is -3.39. The fourth-order valence-corrected chi connectivity index (χ4v) is 5.27. The first-order valence-electron chi connectivity index (χ1n) is 10.9.